The summed E-state index contributed by atoms with van der Waals surface area (Å²) in [6.07, 6.45) is 5.61. The van der Waals surface area contributed by atoms with Gasteiger partial charge in [0.25, 0.3) is 0 Å². The van der Waals surface area contributed by atoms with E-state index in [1.165, 1.54) is 17.2 Å². The average molecular weight is 436 g/mol. The lowest BCUT2D eigenvalue weighted by Gasteiger charge is -2.27. The predicted octanol–water partition coefficient (Wildman–Crippen LogP) is 4.52. The van der Waals surface area contributed by atoms with Crippen LogP contribution < -0.4 is 5.32 Å². The molecule has 1 aliphatic carbocycles. The first kappa shape index (κ1) is 23.4. The van der Waals surface area contributed by atoms with Crippen LogP contribution in [0.2, 0.25) is 5.02 Å². The number of halogens is 2. The van der Waals surface area contributed by atoms with E-state index in [-0.39, 0.29) is 18.4 Å². The number of aliphatic hydroxyl groups excluding tert-OH is 1. The lowest BCUT2D eigenvalue weighted by molar-refractivity contribution is -0.137. The van der Waals surface area contributed by atoms with Gasteiger partial charge in [0.2, 0.25) is 0 Å². The molecule has 0 saturated carbocycles. The molecule has 0 bridgehead atoms. The topological polar surface area (TPSA) is 58.6 Å². The zero-order chi connectivity index (χ0) is 19.9. The summed E-state index contributed by atoms with van der Waals surface area (Å²) in [4.78, 5) is 11.5. The Morgan fingerprint density at radius 2 is 2.14 bits per heavy atom. The Kier molecular flexibility index (Phi) is 9.18. The van der Waals surface area contributed by atoms with Gasteiger partial charge in [-0.15, -0.1) is 12.4 Å². The Balaban J connectivity index is 0.00000300. The van der Waals surface area contributed by atoms with Gasteiger partial charge in [0.05, 0.1) is 12.7 Å². The number of carbonyl (C=O) groups is 1. The Hall–Kier alpha value is -1.85. The standard InChI is InChI=1S/C23H26ClNO3.ClH/c1-2-28-23(27)11-7-16-6-8-17-9-10-21(14-19(17)12-16)25-15-22(26)18-4-3-5-20(24)13-18;/h3-8,11-13,21-22,25-26H,2,9-10,14-15H2,1H3;1H/t21-,22+;/m1./s1. The number of carbonyl (C=O) groups excluding carboxylic acids is 1. The quantitative estimate of drug-likeness (QED) is 0.495. The van der Waals surface area contributed by atoms with Gasteiger partial charge in [-0.25, -0.2) is 4.79 Å². The number of esters is 1. The number of rotatable bonds is 7. The molecule has 0 heterocycles. The molecule has 156 valence electrons. The van der Waals surface area contributed by atoms with Crippen LogP contribution >= 0.6 is 24.0 Å². The van der Waals surface area contributed by atoms with Crippen LogP contribution in [-0.4, -0.2) is 30.3 Å². The molecule has 0 aromatic heterocycles. The van der Waals surface area contributed by atoms with Gasteiger partial charge < -0.3 is 15.2 Å². The van der Waals surface area contributed by atoms with E-state index in [1.54, 1.807) is 25.1 Å². The number of benzene rings is 2. The van der Waals surface area contributed by atoms with Crippen molar-refractivity contribution < 1.29 is 14.6 Å². The van der Waals surface area contributed by atoms with Crippen LogP contribution in [0, 0.1) is 0 Å². The molecule has 0 radical (unpaired) electrons. The summed E-state index contributed by atoms with van der Waals surface area (Å²) in [6.45, 7) is 2.66. The normalized spacial score (nSPS) is 16.7. The number of hydrogen-bond donors (Lipinski definition) is 2. The minimum atomic E-state index is -0.584. The molecule has 0 saturated heterocycles. The van der Waals surface area contributed by atoms with Crippen molar-refractivity contribution in [2.45, 2.75) is 38.3 Å². The molecule has 1 aliphatic rings. The van der Waals surface area contributed by atoms with E-state index in [2.05, 4.69) is 17.4 Å². The predicted molar refractivity (Wildman–Crippen MR) is 120 cm³/mol. The molecule has 0 aliphatic heterocycles. The number of fused-ring (bicyclic) bond motifs is 1. The van der Waals surface area contributed by atoms with Crippen LogP contribution in [0.3, 0.4) is 0 Å². The van der Waals surface area contributed by atoms with Gasteiger partial charge in [-0.2, -0.15) is 0 Å². The Morgan fingerprint density at radius 3 is 2.90 bits per heavy atom. The first-order valence-electron chi connectivity index (χ1n) is 9.68. The lowest BCUT2D eigenvalue weighted by Crippen LogP contribution is -2.37. The molecule has 4 nitrogen and oxygen atoms in total. The highest BCUT2D eigenvalue weighted by atomic mass is 35.5. The minimum Gasteiger partial charge on any atom is -0.463 e. The largest absolute Gasteiger partial charge is 0.463 e. The summed E-state index contributed by atoms with van der Waals surface area (Å²) < 4.78 is 4.92. The highest BCUT2D eigenvalue weighted by Gasteiger charge is 2.19. The fourth-order valence-corrected chi connectivity index (χ4v) is 3.72. The van der Waals surface area contributed by atoms with Crippen molar-refractivity contribution >= 4 is 36.1 Å². The highest BCUT2D eigenvalue weighted by Crippen LogP contribution is 2.24. The van der Waals surface area contributed by atoms with E-state index in [4.69, 9.17) is 16.3 Å². The number of aryl methyl sites for hydroxylation is 1. The van der Waals surface area contributed by atoms with Crippen molar-refractivity contribution in [3.63, 3.8) is 0 Å². The van der Waals surface area contributed by atoms with Crippen LogP contribution in [0.4, 0.5) is 0 Å². The molecule has 3 rings (SSSR count). The van der Waals surface area contributed by atoms with E-state index in [1.807, 2.05) is 18.2 Å². The van der Waals surface area contributed by atoms with Gasteiger partial charge in [-0.1, -0.05) is 41.9 Å². The number of aliphatic hydroxyl groups is 1. The third-order valence-electron chi connectivity index (χ3n) is 4.99. The van der Waals surface area contributed by atoms with Gasteiger partial charge in [-0.05, 0) is 66.6 Å². The van der Waals surface area contributed by atoms with E-state index >= 15 is 0 Å². The maximum atomic E-state index is 11.5. The van der Waals surface area contributed by atoms with Gasteiger partial charge in [-0.3, -0.25) is 0 Å². The summed E-state index contributed by atoms with van der Waals surface area (Å²) in [7, 11) is 0. The molecule has 2 N–H and O–H groups in total. The molecular formula is C23H27Cl2NO3. The summed E-state index contributed by atoms with van der Waals surface area (Å²) in [5.41, 5.74) is 4.45. The second-order valence-corrected chi connectivity index (χ2v) is 7.47. The van der Waals surface area contributed by atoms with E-state index < -0.39 is 6.10 Å². The number of nitrogens with one attached hydrogen (secondary N) is 1. The van der Waals surface area contributed by atoms with E-state index in [0.29, 0.717) is 24.2 Å². The second kappa shape index (κ2) is 11.4. The summed E-state index contributed by atoms with van der Waals surface area (Å²) >= 11 is 6.01. The van der Waals surface area contributed by atoms with Gasteiger partial charge >= 0.3 is 5.97 Å². The van der Waals surface area contributed by atoms with Crippen LogP contribution in [-0.2, 0) is 22.4 Å². The monoisotopic (exact) mass is 435 g/mol. The maximum Gasteiger partial charge on any atom is 0.330 e. The molecule has 6 heteroatoms. The van der Waals surface area contributed by atoms with Crippen LogP contribution in [0.25, 0.3) is 6.08 Å². The van der Waals surface area contributed by atoms with E-state index in [9.17, 15) is 9.90 Å². The number of hydrogen-bond acceptors (Lipinski definition) is 4. The molecule has 29 heavy (non-hydrogen) atoms. The van der Waals surface area contributed by atoms with Crippen molar-refractivity contribution in [2.75, 3.05) is 13.2 Å². The average Bonchev–Trinajstić information content (AvgIpc) is 2.70. The third-order valence-corrected chi connectivity index (χ3v) is 5.23. The van der Waals surface area contributed by atoms with Crippen molar-refractivity contribution in [1.29, 1.82) is 0 Å². The fraction of sp³-hybridized carbons (Fsp3) is 0.348. The second-order valence-electron chi connectivity index (χ2n) is 7.03. The molecule has 0 amide bonds. The van der Waals surface area contributed by atoms with E-state index in [0.717, 1.165) is 30.4 Å². The zero-order valence-corrected chi connectivity index (χ0v) is 18.0. The third kappa shape index (κ3) is 6.86. The van der Waals surface area contributed by atoms with Gasteiger partial charge in [0.15, 0.2) is 0 Å². The maximum absolute atomic E-state index is 11.5. The molecule has 0 spiro atoms. The van der Waals surface area contributed by atoms with Crippen molar-refractivity contribution in [3.05, 3.63) is 75.8 Å². The lowest BCUT2D eigenvalue weighted by atomic mass is 9.87. The highest BCUT2D eigenvalue weighted by molar-refractivity contribution is 6.30. The Bertz CT molecular complexity index is 854. The SMILES string of the molecule is CCOC(=O)C=Cc1ccc2c(c1)C[C@H](NC[C@H](O)c1cccc(Cl)c1)CC2.Cl. The summed E-state index contributed by atoms with van der Waals surface area (Å²) in [6, 6.07) is 13.9. The Morgan fingerprint density at radius 1 is 1.31 bits per heavy atom. The molecule has 0 fully saturated rings. The number of ether oxygens (including phenoxy) is 1. The molecule has 2 aromatic carbocycles. The van der Waals surface area contributed by atoms with Gasteiger partial charge in [0.1, 0.15) is 0 Å². The molecule has 2 aromatic rings. The van der Waals surface area contributed by atoms with Gasteiger partial charge in [0, 0.05) is 23.7 Å². The van der Waals surface area contributed by atoms with Crippen molar-refractivity contribution in [2.24, 2.45) is 0 Å². The Labute approximate surface area is 183 Å². The van der Waals surface area contributed by atoms with Crippen molar-refractivity contribution in [3.8, 4) is 0 Å². The van der Waals surface area contributed by atoms with Crippen LogP contribution in [0.15, 0.2) is 48.5 Å². The zero-order valence-electron chi connectivity index (χ0n) is 16.4. The van der Waals surface area contributed by atoms with Crippen LogP contribution in [0.5, 0.6) is 0 Å². The smallest absolute Gasteiger partial charge is 0.330 e. The summed E-state index contributed by atoms with van der Waals surface area (Å²) in [5.74, 6) is -0.324. The first-order chi connectivity index (χ1) is 13.5. The first-order valence-corrected chi connectivity index (χ1v) is 10.1. The molecule has 2 atom stereocenters. The van der Waals surface area contributed by atoms with Crippen LogP contribution in [0.1, 0.15) is 41.7 Å². The molecular weight excluding hydrogens is 409 g/mol. The molecule has 0 unspecified atom stereocenters. The van der Waals surface area contributed by atoms with Crippen molar-refractivity contribution in [1.82, 2.24) is 5.32 Å². The fourth-order valence-electron chi connectivity index (χ4n) is 3.52. The minimum absolute atomic E-state index is 0. The summed E-state index contributed by atoms with van der Waals surface area (Å²) in [5, 5.41) is 14.5.